The number of hydrogen-bond acceptors (Lipinski definition) is 4. The van der Waals surface area contributed by atoms with Crippen LogP contribution >= 0.6 is 11.3 Å². The first-order chi connectivity index (χ1) is 15.1. The smallest absolute Gasteiger partial charge is 0.254 e. The number of rotatable bonds is 4. The van der Waals surface area contributed by atoms with Gasteiger partial charge in [-0.15, -0.1) is 11.3 Å². The minimum absolute atomic E-state index is 0.0795. The first-order valence-corrected chi connectivity index (χ1v) is 11.0. The number of fused-ring (bicyclic) bond motifs is 1. The Hall–Kier alpha value is -3.45. The maximum absolute atomic E-state index is 13.4. The van der Waals surface area contributed by atoms with Crippen molar-refractivity contribution in [2.24, 2.45) is 0 Å². The summed E-state index contributed by atoms with van der Waals surface area (Å²) in [5, 5.41) is 3.88. The maximum atomic E-state index is 13.4. The van der Waals surface area contributed by atoms with E-state index in [0.717, 1.165) is 18.6 Å². The van der Waals surface area contributed by atoms with Crippen LogP contribution in [-0.2, 0) is 0 Å². The summed E-state index contributed by atoms with van der Waals surface area (Å²) in [7, 11) is 0. The van der Waals surface area contributed by atoms with E-state index in [1.54, 1.807) is 23.6 Å². The van der Waals surface area contributed by atoms with Gasteiger partial charge in [-0.25, -0.2) is 4.39 Å². The Morgan fingerprint density at radius 1 is 0.903 bits per heavy atom. The average molecular weight is 434 g/mol. The number of hydrogen-bond donors (Lipinski definition) is 1. The molecule has 5 nitrogen and oxygen atoms in total. The van der Waals surface area contributed by atoms with E-state index in [0.29, 0.717) is 35.2 Å². The van der Waals surface area contributed by atoms with E-state index in [2.05, 4.69) is 21.3 Å². The lowest BCUT2D eigenvalue weighted by atomic mass is 9.98. The molecule has 31 heavy (non-hydrogen) atoms. The van der Waals surface area contributed by atoms with Crippen molar-refractivity contribution in [2.75, 3.05) is 31.1 Å². The topological polar surface area (TPSA) is 56.4 Å². The van der Waals surface area contributed by atoms with Gasteiger partial charge in [0.25, 0.3) is 5.91 Å². The van der Waals surface area contributed by atoms with E-state index in [1.165, 1.54) is 29.3 Å². The van der Waals surface area contributed by atoms with Crippen LogP contribution in [0, 0.1) is 5.82 Å². The van der Waals surface area contributed by atoms with Crippen LogP contribution in [0.5, 0.6) is 0 Å². The van der Waals surface area contributed by atoms with Crippen LogP contribution in [0.2, 0.25) is 0 Å². The molecular weight excluding hydrogens is 413 g/mol. The highest BCUT2D eigenvalue weighted by molar-refractivity contribution is 7.14. The number of ketones is 1. The highest BCUT2D eigenvalue weighted by atomic mass is 32.1. The summed E-state index contributed by atoms with van der Waals surface area (Å²) in [6, 6.07) is 15.0. The van der Waals surface area contributed by atoms with Crippen molar-refractivity contribution >= 4 is 38.9 Å². The van der Waals surface area contributed by atoms with Crippen LogP contribution in [0.25, 0.3) is 10.9 Å². The third-order valence-electron chi connectivity index (χ3n) is 5.67. The summed E-state index contributed by atoms with van der Waals surface area (Å²) >= 11 is 1.70. The molecule has 4 aromatic rings. The Bertz CT molecular complexity index is 1240. The van der Waals surface area contributed by atoms with Gasteiger partial charge in [0.1, 0.15) is 5.82 Å². The highest BCUT2D eigenvalue weighted by Crippen LogP contribution is 2.28. The number of halogens is 1. The number of carbonyl (C=O) groups excluding carboxylic acids is 2. The maximum Gasteiger partial charge on any atom is 0.254 e. The minimum Gasteiger partial charge on any atom is -0.360 e. The normalized spacial score (nSPS) is 14.2. The Morgan fingerprint density at radius 2 is 1.68 bits per heavy atom. The molecular formula is C24H20FN3O2S. The number of piperazine rings is 1. The Labute approximate surface area is 182 Å². The van der Waals surface area contributed by atoms with E-state index in [-0.39, 0.29) is 11.7 Å². The lowest BCUT2D eigenvalue weighted by Gasteiger charge is -2.35. The molecule has 1 fully saturated rings. The zero-order valence-corrected chi connectivity index (χ0v) is 17.5. The Balaban J connectivity index is 1.44. The molecule has 0 saturated carbocycles. The van der Waals surface area contributed by atoms with E-state index >= 15 is 0 Å². The zero-order valence-electron chi connectivity index (χ0n) is 16.7. The van der Waals surface area contributed by atoms with Gasteiger partial charge in [-0.05, 0) is 53.9 Å². The van der Waals surface area contributed by atoms with Gasteiger partial charge in [-0.3, -0.25) is 9.59 Å². The molecule has 2 aromatic carbocycles. The molecule has 3 heterocycles. The fraction of sp³-hybridized carbons (Fsp3) is 0.167. The Morgan fingerprint density at radius 3 is 2.39 bits per heavy atom. The SMILES string of the molecule is O=C(c1ccc(F)cc1)c1c[nH]c2cccc(C(=O)N3CCN(c4cccs4)CC3)c12. The number of benzene rings is 2. The van der Waals surface area contributed by atoms with Gasteiger partial charge in [0.2, 0.25) is 0 Å². The van der Waals surface area contributed by atoms with Crippen molar-refractivity contribution in [3.63, 3.8) is 0 Å². The molecule has 7 heteroatoms. The minimum atomic E-state index is -0.395. The second-order valence-corrected chi connectivity index (χ2v) is 8.42. The summed E-state index contributed by atoms with van der Waals surface area (Å²) in [4.78, 5) is 33.7. The van der Waals surface area contributed by atoms with Gasteiger partial charge >= 0.3 is 0 Å². The molecule has 0 spiro atoms. The van der Waals surface area contributed by atoms with Crippen LogP contribution in [0.3, 0.4) is 0 Å². The average Bonchev–Trinajstić information content (AvgIpc) is 3.49. The molecule has 0 unspecified atom stereocenters. The predicted molar refractivity (Wildman–Crippen MR) is 121 cm³/mol. The number of thiophene rings is 1. The van der Waals surface area contributed by atoms with Gasteiger partial charge in [0.05, 0.1) is 5.00 Å². The van der Waals surface area contributed by atoms with Crippen molar-refractivity contribution in [1.82, 2.24) is 9.88 Å². The molecule has 0 radical (unpaired) electrons. The second kappa shape index (κ2) is 8.00. The standard InChI is InChI=1S/C24H20FN3O2S/c25-17-8-6-16(7-9-17)23(29)19-15-26-20-4-1-3-18(22(19)20)24(30)28-12-10-27(11-13-28)21-5-2-14-31-21/h1-9,14-15,26H,10-13H2. The second-order valence-electron chi connectivity index (χ2n) is 7.50. The van der Waals surface area contributed by atoms with Crippen LogP contribution in [0.15, 0.2) is 66.2 Å². The van der Waals surface area contributed by atoms with Gasteiger partial charge in [-0.1, -0.05) is 6.07 Å². The van der Waals surface area contributed by atoms with Crippen molar-refractivity contribution in [2.45, 2.75) is 0 Å². The van der Waals surface area contributed by atoms with Crippen molar-refractivity contribution in [1.29, 1.82) is 0 Å². The van der Waals surface area contributed by atoms with E-state index in [9.17, 15) is 14.0 Å². The molecule has 1 N–H and O–H groups in total. The predicted octanol–water partition coefficient (Wildman–Crippen LogP) is 4.56. The largest absolute Gasteiger partial charge is 0.360 e. The summed E-state index contributed by atoms with van der Waals surface area (Å²) in [6.45, 7) is 2.80. The summed E-state index contributed by atoms with van der Waals surface area (Å²) in [5.74, 6) is -0.716. The van der Waals surface area contributed by atoms with Crippen LogP contribution in [0.4, 0.5) is 9.39 Å². The molecule has 0 aliphatic carbocycles. The molecule has 1 amide bonds. The molecule has 156 valence electrons. The lowest BCUT2D eigenvalue weighted by molar-refractivity contribution is 0.0749. The van der Waals surface area contributed by atoms with Crippen molar-refractivity contribution in [3.05, 3.63) is 88.7 Å². The summed E-state index contributed by atoms with van der Waals surface area (Å²) in [6.07, 6.45) is 1.63. The molecule has 1 aliphatic rings. The number of amides is 1. The van der Waals surface area contributed by atoms with E-state index in [1.807, 2.05) is 23.1 Å². The first kappa shape index (κ1) is 19.5. The summed E-state index contributed by atoms with van der Waals surface area (Å²) in [5.41, 5.74) is 2.04. The van der Waals surface area contributed by atoms with Gasteiger partial charge < -0.3 is 14.8 Å². The number of nitrogens with one attached hydrogen (secondary N) is 1. The first-order valence-electron chi connectivity index (χ1n) is 10.1. The third kappa shape index (κ3) is 3.61. The summed E-state index contributed by atoms with van der Waals surface area (Å²) < 4.78 is 13.3. The Kier molecular flexibility index (Phi) is 5.03. The number of aromatic nitrogens is 1. The quantitative estimate of drug-likeness (QED) is 0.480. The third-order valence-corrected chi connectivity index (χ3v) is 6.60. The van der Waals surface area contributed by atoms with Crippen LogP contribution in [-0.4, -0.2) is 47.8 Å². The monoisotopic (exact) mass is 433 g/mol. The number of aromatic amines is 1. The van der Waals surface area contributed by atoms with Crippen molar-refractivity contribution < 1.29 is 14.0 Å². The van der Waals surface area contributed by atoms with Gasteiger partial charge in [-0.2, -0.15) is 0 Å². The van der Waals surface area contributed by atoms with E-state index in [4.69, 9.17) is 0 Å². The van der Waals surface area contributed by atoms with Gasteiger partial charge in [0, 0.05) is 60.0 Å². The number of carbonyl (C=O) groups is 2. The molecule has 1 aliphatic heterocycles. The number of H-pyrrole nitrogens is 1. The van der Waals surface area contributed by atoms with Crippen LogP contribution in [0.1, 0.15) is 26.3 Å². The molecule has 0 atom stereocenters. The lowest BCUT2D eigenvalue weighted by Crippen LogP contribution is -2.48. The van der Waals surface area contributed by atoms with Crippen molar-refractivity contribution in [3.8, 4) is 0 Å². The fourth-order valence-corrected chi connectivity index (χ4v) is 4.83. The molecule has 2 aromatic heterocycles. The molecule has 0 bridgehead atoms. The zero-order chi connectivity index (χ0) is 21.4. The number of nitrogens with zero attached hydrogens (tertiary/aromatic N) is 2. The highest BCUT2D eigenvalue weighted by Gasteiger charge is 2.26. The van der Waals surface area contributed by atoms with E-state index < -0.39 is 5.82 Å². The fourth-order valence-electron chi connectivity index (χ4n) is 4.05. The van der Waals surface area contributed by atoms with Crippen LogP contribution < -0.4 is 4.90 Å². The van der Waals surface area contributed by atoms with Gasteiger partial charge in [0.15, 0.2) is 5.78 Å². The molecule has 5 rings (SSSR count). The number of anilines is 1. The molecule has 1 saturated heterocycles.